The standard InChI is InChI=1S/C27H22FNO2/c1-2-3-4-5-18-8-12-22-20(16-18)9-13-24-23(22)14-15-25(26(24)28)27(30)31-21-10-6-19(17-29)7-11-21/h6-16H,2-5H2,1H3. The van der Waals surface area contributed by atoms with Crippen LogP contribution in [0.15, 0.2) is 66.7 Å². The first kappa shape index (κ1) is 20.6. The number of nitriles is 1. The molecule has 0 saturated carbocycles. The number of unbranched alkanes of at least 4 members (excludes halogenated alkanes) is 2. The Bertz CT molecular complexity index is 1300. The third kappa shape index (κ3) is 4.27. The summed E-state index contributed by atoms with van der Waals surface area (Å²) in [4.78, 5) is 12.5. The van der Waals surface area contributed by atoms with Gasteiger partial charge >= 0.3 is 5.97 Å². The quantitative estimate of drug-likeness (QED) is 0.149. The fourth-order valence-corrected chi connectivity index (χ4v) is 3.81. The molecule has 0 N–H and O–H groups in total. The minimum atomic E-state index is -0.768. The van der Waals surface area contributed by atoms with Gasteiger partial charge in [0.15, 0.2) is 0 Å². The molecule has 0 fully saturated rings. The third-order valence-electron chi connectivity index (χ3n) is 5.50. The molecule has 0 bridgehead atoms. The number of fused-ring (bicyclic) bond motifs is 3. The molecular weight excluding hydrogens is 389 g/mol. The minimum Gasteiger partial charge on any atom is -0.423 e. The van der Waals surface area contributed by atoms with E-state index >= 15 is 4.39 Å². The van der Waals surface area contributed by atoms with Gasteiger partial charge in [-0.3, -0.25) is 0 Å². The molecule has 4 aromatic carbocycles. The van der Waals surface area contributed by atoms with E-state index in [1.807, 2.05) is 18.2 Å². The first-order valence-electron chi connectivity index (χ1n) is 10.5. The summed E-state index contributed by atoms with van der Waals surface area (Å²) in [7, 11) is 0. The van der Waals surface area contributed by atoms with Crippen molar-refractivity contribution in [2.24, 2.45) is 0 Å². The molecule has 0 amide bonds. The molecule has 3 nitrogen and oxygen atoms in total. The molecule has 0 aliphatic heterocycles. The largest absolute Gasteiger partial charge is 0.423 e. The lowest BCUT2D eigenvalue weighted by atomic mass is 9.97. The van der Waals surface area contributed by atoms with Crippen molar-refractivity contribution in [1.82, 2.24) is 0 Å². The maximum atomic E-state index is 15.2. The van der Waals surface area contributed by atoms with Crippen molar-refractivity contribution in [3.8, 4) is 11.8 Å². The summed E-state index contributed by atoms with van der Waals surface area (Å²) in [5, 5.41) is 12.0. The Balaban J connectivity index is 1.64. The fourth-order valence-electron chi connectivity index (χ4n) is 3.81. The van der Waals surface area contributed by atoms with Gasteiger partial charge in [0.25, 0.3) is 0 Å². The number of hydrogen-bond donors (Lipinski definition) is 0. The van der Waals surface area contributed by atoms with E-state index in [9.17, 15) is 4.79 Å². The van der Waals surface area contributed by atoms with E-state index in [4.69, 9.17) is 10.00 Å². The number of aryl methyl sites for hydroxylation is 1. The number of benzene rings is 4. The Hall–Kier alpha value is -3.71. The summed E-state index contributed by atoms with van der Waals surface area (Å²) in [6.45, 7) is 2.19. The molecular formula is C27H22FNO2. The number of nitrogens with zero attached hydrogens (tertiary/aromatic N) is 1. The number of carbonyl (C=O) groups is 1. The van der Waals surface area contributed by atoms with Crippen LogP contribution < -0.4 is 4.74 Å². The summed E-state index contributed by atoms with van der Waals surface area (Å²) in [6.07, 6.45) is 4.60. The zero-order valence-corrected chi connectivity index (χ0v) is 17.3. The summed E-state index contributed by atoms with van der Waals surface area (Å²) in [5.41, 5.74) is 1.62. The fraction of sp³-hybridized carbons (Fsp3) is 0.185. The summed E-state index contributed by atoms with van der Waals surface area (Å²) in [6, 6.07) is 21.3. The zero-order chi connectivity index (χ0) is 21.8. The van der Waals surface area contributed by atoms with Gasteiger partial charge in [-0.05, 0) is 64.9 Å². The average Bonchev–Trinajstić information content (AvgIpc) is 2.79. The van der Waals surface area contributed by atoms with Crippen LogP contribution in [-0.4, -0.2) is 5.97 Å². The van der Waals surface area contributed by atoms with Gasteiger partial charge in [0.2, 0.25) is 0 Å². The normalized spacial score (nSPS) is 10.9. The number of esters is 1. The van der Waals surface area contributed by atoms with Crippen LogP contribution in [0.25, 0.3) is 21.5 Å². The van der Waals surface area contributed by atoms with Crippen molar-refractivity contribution >= 4 is 27.5 Å². The second-order valence-corrected chi connectivity index (χ2v) is 7.63. The van der Waals surface area contributed by atoms with Crippen LogP contribution >= 0.6 is 0 Å². The van der Waals surface area contributed by atoms with Gasteiger partial charge in [0, 0.05) is 5.39 Å². The van der Waals surface area contributed by atoms with Crippen molar-refractivity contribution in [2.45, 2.75) is 32.6 Å². The van der Waals surface area contributed by atoms with E-state index in [1.165, 1.54) is 36.6 Å². The summed E-state index contributed by atoms with van der Waals surface area (Å²) in [5.74, 6) is -1.10. The molecule has 154 valence electrons. The number of hydrogen-bond acceptors (Lipinski definition) is 3. The van der Waals surface area contributed by atoms with Gasteiger partial charge in [0.1, 0.15) is 11.6 Å². The monoisotopic (exact) mass is 411 g/mol. The highest BCUT2D eigenvalue weighted by Gasteiger charge is 2.18. The van der Waals surface area contributed by atoms with E-state index in [1.54, 1.807) is 24.3 Å². The van der Waals surface area contributed by atoms with Crippen LogP contribution in [-0.2, 0) is 6.42 Å². The molecule has 31 heavy (non-hydrogen) atoms. The van der Waals surface area contributed by atoms with Crippen LogP contribution in [0.1, 0.15) is 47.7 Å². The highest BCUT2D eigenvalue weighted by molar-refractivity contribution is 6.09. The second-order valence-electron chi connectivity index (χ2n) is 7.63. The summed E-state index contributed by atoms with van der Waals surface area (Å²) < 4.78 is 20.5. The van der Waals surface area contributed by atoms with Crippen molar-refractivity contribution in [1.29, 1.82) is 5.26 Å². The topological polar surface area (TPSA) is 50.1 Å². The Morgan fingerprint density at radius 1 is 0.935 bits per heavy atom. The molecule has 0 spiro atoms. The molecule has 0 heterocycles. The Morgan fingerprint density at radius 3 is 2.42 bits per heavy atom. The van der Waals surface area contributed by atoms with E-state index in [2.05, 4.69) is 19.1 Å². The van der Waals surface area contributed by atoms with Gasteiger partial charge in [-0.25, -0.2) is 9.18 Å². The van der Waals surface area contributed by atoms with Gasteiger partial charge in [-0.2, -0.15) is 5.26 Å². The Kier molecular flexibility index (Phi) is 5.95. The average molecular weight is 411 g/mol. The SMILES string of the molecule is CCCCCc1ccc2c(ccc3c(F)c(C(=O)Oc4ccc(C#N)cc4)ccc32)c1. The lowest BCUT2D eigenvalue weighted by Crippen LogP contribution is -2.11. The highest BCUT2D eigenvalue weighted by Crippen LogP contribution is 2.30. The lowest BCUT2D eigenvalue weighted by Gasteiger charge is -2.10. The lowest BCUT2D eigenvalue weighted by molar-refractivity contribution is 0.0730. The van der Waals surface area contributed by atoms with Crippen molar-refractivity contribution in [3.63, 3.8) is 0 Å². The number of carbonyl (C=O) groups excluding carboxylic acids is 1. The van der Waals surface area contributed by atoms with Crippen molar-refractivity contribution in [2.75, 3.05) is 0 Å². The second kappa shape index (κ2) is 8.97. The molecule has 4 aromatic rings. The van der Waals surface area contributed by atoms with Crippen LogP contribution in [0, 0.1) is 17.1 Å². The molecule has 4 heteroatoms. The Morgan fingerprint density at radius 2 is 1.68 bits per heavy atom. The molecule has 0 unspecified atom stereocenters. The van der Waals surface area contributed by atoms with Gasteiger partial charge in [-0.1, -0.05) is 56.2 Å². The maximum Gasteiger partial charge on any atom is 0.346 e. The van der Waals surface area contributed by atoms with Gasteiger partial charge in [0.05, 0.1) is 17.2 Å². The number of rotatable bonds is 6. The van der Waals surface area contributed by atoms with Crippen LogP contribution in [0.4, 0.5) is 4.39 Å². The van der Waals surface area contributed by atoms with E-state index in [0.717, 1.165) is 29.0 Å². The maximum absolute atomic E-state index is 15.2. The predicted octanol–water partition coefficient (Wildman–Crippen LogP) is 6.96. The Labute approximate surface area is 180 Å². The van der Waals surface area contributed by atoms with Gasteiger partial charge < -0.3 is 4.74 Å². The molecule has 0 aliphatic carbocycles. The van der Waals surface area contributed by atoms with Crippen molar-refractivity contribution in [3.05, 3.63) is 89.2 Å². The molecule has 4 rings (SSSR count). The van der Waals surface area contributed by atoms with E-state index in [0.29, 0.717) is 10.9 Å². The molecule has 0 saturated heterocycles. The number of ether oxygens (including phenoxy) is 1. The van der Waals surface area contributed by atoms with Crippen molar-refractivity contribution < 1.29 is 13.9 Å². The zero-order valence-electron chi connectivity index (χ0n) is 17.3. The third-order valence-corrected chi connectivity index (χ3v) is 5.50. The molecule has 0 atom stereocenters. The van der Waals surface area contributed by atoms with E-state index in [-0.39, 0.29) is 11.3 Å². The summed E-state index contributed by atoms with van der Waals surface area (Å²) >= 11 is 0. The number of halogens is 1. The van der Waals surface area contributed by atoms with Crippen LogP contribution in [0.2, 0.25) is 0 Å². The van der Waals surface area contributed by atoms with Crippen LogP contribution in [0.3, 0.4) is 0 Å². The van der Waals surface area contributed by atoms with Crippen LogP contribution in [0.5, 0.6) is 5.75 Å². The molecule has 0 radical (unpaired) electrons. The molecule has 0 aliphatic rings. The molecule has 0 aromatic heterocycles. The predicted molar refractivity (Wildman–Crippen MR) is 121 cm³/mol. The minimum absolute atomic E-state index is 0.118. The van der Waals surface area contributed by atoms with Gasteiger partial charge in [-0.15, -0.1) is 0 Å². The first-order valence-corrected chi connectivity index (χ1v) is 10.5. The smallest absolute Gasteiger partial charge is 0.346 e. The first-order chi connectivity index (χ1) is 15.1. The van der Waals surface area contributed by atoms with E-state index < -0.39 is 11.8 Å². The highest BCUT2D eigenvalue weighted by atomic mass is 19.1.